The van der Waals surface area contributed by atoms with Crippen LogP contribution in [-0.4, -0.2) is 11.3 Å². The van der Waals surface area contributed by atoms with Gasteiger partial charge in [-0.15, -0.1) is 0 Å². The normalized spacial score (nSPS) is 9.44. The highest BCUT2D eigenvalue weighted by Gasteiger charge is 1.98. The fourth-order valence-corrected chi connectivity index (χ4v) is 1.38. The van der Waals surface area contributed by atoms with Gasteiger partial charge < -0.3 is 0 Å². The Balaban J connectivity index is 2.35. The Bertz CT molecular complexity index is 536. The molecule has 0 N–H and O–H groups in total. The Morgan fingerprint density at radius 2 is 1.75 bits per heavy atom. The third-order valence-corrected chi connectivity index (χ3v) is 2.26. The van der Waals surface area contributed by atoms with E-state index in [1.54, 1.807) is 24.4 Å². The first-order valence-electron chi connectivity index (χ1n) is 4.75. The van der Waals surface area contributed by atoms with Crippen molar-refractivity contribution in [1.82, 2.24) is 4.98 Å². The van der Waals surface area contributed by atoms with Crippen molar-refractivity contribution in [3.8, 4) is 17.2 Å². The molecule has 2 rings (SSSR count). The molecule has 0 aliphatic heterocycles. The molecule has 0 saturated heterocycles. The fourth-order valence-electron chi connectivity index (χ4n) is 1.38. The van der Waals surface area contributed by atoms with Crippen molar-refractivity contribution >= 4 is 6.29 Å². The molecule has 76 valence electrons. The van der Waals surface area contributed by atoms with Gasteiger partial charge in [0.05, 0.1) is 0 Å². The number of nitriles is 1. The van der Waals surface area contributed by atoms with Crippen LogP contribution in [0.3, 0.4) is 0 Å². The molecule has 0 bridgehead atoms. The first kappa shape index (κ1) is 10.1. The number of hydrogen-bond donors (Lipinski definition) is 0. The van der Waals surface area contributed by atoms with Crippen molar-refractivity contribution in [2.45, 2.75) is 0 Å². The number of nitrogens with zero attached hydrogens (tertiary/aromatic N) is 2. The molecule has 0 spiro atoms. The Morgan fingerprint density at radius 1 is 1.06 bits per heavy atom. The Morgan fingerprint density at radius 3 is 2.25 bits per heavy atom. The molecule has 0 atom stereocenters. The Hall–Kier alpha value is -2.47. The lowest BCUT2D eigenvalue weighted by atomic mass is 10.1. The molecule has 0 fully saturated rings. The van der Waals surface area contributed by atoms with Crippen molar-refractivity contribution in [2.24, 2.45) is 0 Å². The molecule has 3 nitrogen and oxygen atoms in total. The number of hydrogen-bond acceptors (Lipinski definition) is 3. The van der Waals surface area contributed by atoms with E-state index in [0.29, 0.717) is 11.3 Å². The van der Waals surface area contributed by atoms with Crippen LogP contribution in [0.2, 0.25) is 0 Å². The summed E-state index contributed by atoms with van der Waals surface area (Å²) in [6.45, 7) is 0. The van der Waals surface area contributed by atoms with E-state index in [1.165, 1.54) is 0 Å². The third-order valence-electron chi connectivity index (χ3n) is 2.26. The third kappa shape index (κ3) is 1.96. The van der Waals surface area contributed by atoms with Gasteiger partial charge in [-0.3, -0.25) is 4.79 Å². The highest BCUT2D eigenvalue weighted by Crippen LogP contribution is 2.18. The van der Waals surface area contributed by atoms with Crippen LogP contribution >= 0.6 is 0 Å². The summed E-state index contributed by atoms with van der Waals surface area (Å²) in [6, 6.07) is 12.7. The van der Waals surface area contributed by atoms with Crippen LogP contribution in [0.1, 0.15) is 16.1 Å². The summed E-state index contributed by atoms with van der Waals surface area (Å²) in [7, 11) is 0. The maximum absolute atomic E-state index is 10.5. The van der Waals surface area contributed by atoms with Crippen molar-refractivity contribution in [3.63, 3.8) is 0 Å². The topological polar surface area (TPSA) is 53.8 Å². The lowest BCUT2D eigenvalue weighted by molar-refractivity contribution is 0.112. The molecule has 0 aliphatic carbocycles. The highest BCUT2D eigenvalue weighted by molar-refractivity contribution is 5.76. The van der Waals surface area contributed by atoms with Crippen LogP contribution in [-0.2, 0) is 0 Å². The molecule has 0 unspecified atom stereocenters. The average Bonchev–Trinajstić information content (AvgIpc) is 2.39. The van der Waals surface area contributed by atoms with Gasteiger partial charge in [0.2, 0.25) is 0 Å². The zero-order valence-electron chi connectivity index (χ0n) is 8.42. The minimum atomic E-state index is 0.397. The number of carbonyl (C=O) groups excluding carboxylic acids is 1. The standard InChI is InChI=1S/C13H8N2O/c14-7-13-6-5-12(8-15-13)11-3-1-10(9-16)2-4-11/h1-6,8-9H. The van der Waals surface area contributed by atoms with Gasteiger partial charge in [-0.05, 0) is 17.7 Å². The second-order valence-corrected chi connectivity index (χ2v) is 3.28. The van der Waals surface area contributed by atoms with Crippen molar-refractivity contribution in [1.29, 1.82) is 5.26 Å². The van der Waals surface area contributed by atoms with E-state index < -0.39 is 0 Å². The van der Waals surface area contributed by atoms with Crippen LogP contribution in [0.15, 0.2) is 42.6 Å². The Labute approximate surface area is 93.0 Å². The molecular formula is C13H8N2O. The molecule has 1 heterocycles. The summed E-state index contributed by atoms with van der Waals surface area (Å²) in [5.41, 5.74) is 2.94. The number of aldehydes is 1. The monoisotopic (exact) mass is 208 g/mol. The van der Waals surface area contributed by atoms with E-state index in [-0.39, 0.29) is 0 Å². The van der Waals surface area contributed by atoms with Crippen LogP contribution in [0.5, 0.6) is 0 Å². The summed E-state index contributed by atoms with van der Waals surface area (Å²) >= 11 is 0. The summed E-state index contributed by atoms with van der Waals surface area (Å²) in [5.74, 6) is 0. The molecule has 2 aromatic rings. The lowest BCUT2D eigenvalue weighted by Gasteiger charge is -2.00. The SMILES string of the molecule is N#Cc1ccc(-c2ccc(C=O)cc2)cn1. The number of pyridine rings is 1. The molecule has 16 heavy (non-hydrogen) atoms. The van der Waals surface area contributed by atoms with E-state index in [0.717, 1.165) is 17.4 Å². The second kappa shape index (κ2) is 4.37. The first-order valence-corrected chi connectivity index (χ1v) is 4.75. The number of carbonyl (C=O) groups is 1. The van der Waals surface area contributed by atoms with E-state index in [2.05, 4.69) is 4.98 Å². The quantitative estimate of drug-likeness (QED) is 0.712. The smallest absolute Gasteiger partial charge is 0.150 e. The second-order valence-electron chi connectivity index (χ2n) is 3.28. The zero-order valence-corrected chi connectivity index (χ0v) is 8.42. The lowest BCUT2D eigenvalue weighted by Crippen LogP contribution is -1.85. The van der Waals surface area contributed by atoms with Gasteiger partial charge >= 0.3 is 0 Å². The fraction of sp³-hybridized carbons (Fsp3) is 0. The predicted molar refractivity (Wildman–Crippen MR) is 59.8 cm³/mol. The summed E-state index contributed by atoms with van der Waals surface area (Å²) in [5, 5.41) is 8.62. The molecule has 1 aromatic heterocycles. The number of benzene rings is 1. The molecule has 1 aromatic carbocycles. The van der Waals surface area contributed by atoms with Crippen molar-refractivity contribution in [2.75, 3.05) is 0 Å². The molecule has 0 saturated carbocycles. The molecule has 0 amide bonds. The van der Waals surface area contributed by atoms with Gasteiger partial charge in [-0.25, -0.2) is 4.98 Å². The van der Waals surface area contributed by atoms with Crippen molar-refractivity contribution < 1.29 is 4.79 Å². The van der Waals surface area contributed by atoms with Gasteiger partial charge in [0.1, 0.15) is 18.0 Å². The summed E-state index contributed by atoms with van der Waals surface area (Å²) < 4.78 is 0. The average molecular weight is 208 g/mol. The highest BCUT2D eigenvalue weighted by atomic mass is 16.1. The van der Waals surface area contributed by atoms with Crippen LogP contribution in [0, 0.1) is 11.3 Å². The Kier molecular flexibility index (Phi) is 2.75. The largest absolute Gasteiger partial charge is 0.298 e. The predicted octanol–water partition coefficient (Wildman–Crippen LogP) is 2.43. The first-order chi connectivity index (χ1) is 7.83. The van der Waals surface area contributed by atoms with Gasteiger partial charge in [-0.2, -0.15) is 5.26 Å². The van der Waals surface area contributed by atoms with E-state index in [1.807, 2.05) is 24.3 Å². The van der Waals surface area contributed by atoms with Gasteiger partial charge in [-0.1, -0.05) is 24.3 Å². The minimum Gasteiger partial charge on any atom is -0.298 e. The maximum Gasteiger partial charge on any atom is 0.150 e. The van der Waals surface area contributed by atoms with E-state index in [9.17, 15) is 4.79 Å². The maximum atomic E-state index is 10.5. The zero-order chi connectivity index (χ0) is 11.4. The molecule has 0 aliphatic rings. The molecular weight excluding hydrogens is 200 g/mol. The van der Waals surface area contributed by atoms with Crippen molar-refractivity contribution in [3.05, 3.63) is 53.9 Å². The summed E-state index contributed by atoms with van der Waals surface area (Å²) in [6.07, 6.45) is 2.45. The van der Waals surface area contributed by atoms with Gasteiger partial charge in [0, 0.05) is 17.3 Å². The number of rotatable bonds is 2. The molecule has 0 radical (unpaired) electrons. The van der Waals surface area contributed by atoms with Gasteiger partial charge in [0.25, 0.3) is 0 Å². The molecule has 3 heteroatoms. The van der Waals surface area contributed by atoms with Crippen LogP contribution < -0.4 is 0 Å². The minimum absolute atomic E-state index is 0.397. The van der Waals surface area contributed by atoms with Gasteiger partial charge in [0.15, 0.2) is 0 Å². The number of aromatic nitrogens is 1. The van der Waals surface area contributed by atoms with Crippen LogP contribution in [0.4, 0.5) is 0 Å². The van der Waals surface area contributed by atoms with E-state index >= 15 is 0 Å². The van der Waals surface area contributed by atoms with E-state index in [4.69, 9.17) is 5.26 Å². The summed E-state index contributed by atoms with van der Waals surface area (Å²) in [4.78, 5) is 14.5. The van der Waals surface area contributed by atoms with Crippen LogP contribution in [0.25, 0.3) is 11.1 Å².